The third-order valence-electron chi connectivity index (χ3n) is 2.84. The van der Waals surface area contributed by atoms with Crippen molar-refractivity contribution in [2.45, 2.75) is 19.8 Å². The van der Waals surface area contributed by atoms with Crippen LogP contribution in [0.4, 0.5) is 0 Å². The topological polar surface area (TPSA) is 79.9 Å². The lowest BCUT2D eigenvalue weighted by atomic mass is 10.0. The van der Waals surface area contributed by atoms with Gasteiger partial charge in [-0.1, -0.05) is 12.1 Å². The van der Waals surface area contributed by atoms with Crippen LogP contribution in [0.5, 0.6) is 0 Å². The van der Waals surface area contributed by atoms with E-state index in [0.29, 0.717) is 5.92 Å². The highest BCUT2D eigenvalue weighted by atomic mass is 16.5. The van der Waals surface area contributed by atoms with Gasteiger partial charge in [-0.2, -0.15) is 0 Å². The van der Waals surface area contributed by atoms with Gasteiger partial charge < -0.3 is 21.0 Å². The number of oxime groups is 1. The summed E-state index contributed by atoms with van der Waals surface area (Å²) in [6, 6.07) is 0. The maximum atomic E-state index is 8.47. The lowest BCUT2D eigenvalue weighted by Crippen LogP contribution is -2.35. The first-order valence-corrected chi connectivity index (χ1v) is 5.50. The predicted molar refractivity (Wildman–Crippen MR) is 59.0 cm³/mol. The van der Waals surface area contributed by atoms with E-state index in [4.69, 9.17) is 15.7 Å². The third-order valence-corrected chi connectivity index (χ3v) is 2.84. The zero-order valence-electron chi connectivity index (χ0n) is 9.28. The van der Waals surface area contributed by atoms with E-state index in [1.54, 1.807) is 0 Å². The summed E-state index contributed by atoms with van der Waals surface area (Å²) in [4.78, 5) is 0. The van der Waals surface area contributed by atoms with Gasteiger partial charge in [-0.3, -0.25) is 0 Å². The van der Waals surface area contributed by atoms with Crippen LogP contribution in [0.1, 0.15) is 19.8 Å². The Morgan fingerprint density at radius 3 is 2.87 bits per heavy atom. The quantitative estimate of drug-likeness (QED) is 0.268. The second-order valence-corrected chi connectivity index (χ2v) is 4.14. The highest BCUT2D eigenvalue weighted by Gasteiger charge is 2.14. The number of nitrogens with two attached hydrogens (primary N) is 1. The Bertz CT molecular complexity index is 203. The van der Waals surface area contributed by atoms with Crippen molar-refractivity contribution in [3.63, 3.8) is 0 Å². The second kappa shape index (κ2) is 6.63. The second-order valence-electron chi connectivity index (χ2n) is 4.14. The van der Waals surface area contributed by atoms with E-state index in [2.05, 4.69) is 10.5 Å². The number of amidine groups is 1. The molecular formula is C10H21N3O2. The van der Waals surface area contributed by atoms with Gasteiger partial charge in [0.2, 0.25) is 0 Å². The summed E-state index contributed by atoms with van der Waals surface area (Å²) in [5.74, 6) is 1.07. The van der Waals surface area contributed by atoms with Crippen molar-refractivity contribution in [2.75, 3.05) is 26.3 Å². The lowest BCUT2D eigenvalue weighted by molar-refractivity contribution is 0.0662. The zero-order valence-corrected chi connectivity index (χ0v) is 9.28. The van der Waals surface area contributed by atoms with Crippen molar-refractivity contribution >= 4 is 5.84 Å². The molecule has 1 aliphatic heterocycles. The summed E-state index contributed by atoms with van der Waals surface area (Å²) in [6.07, 6.45) is 2.26. The average Bonchev–Trinajstić information content (AvgIpc) is 2.29. The molecule has 5 heteroatoms. The van der Waals surface area contributed by atoms with Crippen molar-refractivity contribution in [3.8, 4) is 0 Å². The molecule has 1 fully saturated rings. The van der Waals surface area contributed by atoms with E-state index < -0.39 is 0 Å². The van der Waals surface area contributed by atoms with Crippen molar-refractivity contribution in [1.29, 1.82) is 0 Å². The highest BCUT2D eigenvalue weighted by Crippen LogP contribution is 2.13. The highest BCUT2D eigenvalue weighted by molar-refractivity contribution is 5.82. The molecule has 0 aliphatic carbocycles. The molecule has 1 atom stereocenters. The van der Waals surface area contributed by atoms with E-state index in [-0.39, 0.29) is 11.8 Å². The summed E-state index contributed by atoms with van der Waals surface area (Å²) in [5.41, 5.74) is 5.48. The number of rotatable bonds is 5. The Labute approximate surface area is 90.7 Å². The first-order valence-electron chi connectivity index (χ1n) is 5.50. The van der Waals surface area contributed by atoms with E-state index in [1.807, 2.05) is 6.92 Å². The Morgan fingerprint density at radius 1 is 1.60 bits per heavy atom. The molecule has 0 amide bonds. The van der Waals surface area contributed by atoms with E-state index >= 15 is 0 Å². The predicted octanol–water partition coefficient (Wildman–Crippen LogP) is 0.385. The van der Waals surface area contributed by atoms with Crippen LogP contribution in [0.15, 0.2) is 5.16 Å². The molecule has 0 spiro atoms. The van der Waals surface area contributed by atoms with E-state index in [1.165, 1.54) is 0 Å². The van der Waals surface area contributed by atoms with E-state index in [0.717, 1.165) is 39.1 Å². The lowest BCUT2D eigenvalue weighted by Gasteiger charge is -2.22. The molecule has 4 N–H and O–H groups in total. The summed E-state index contributed by atoms with van der Waals surface area (Å²) in [6.45, 7) is 5.44. The fraction of sp³-hybridized carbons (Fsp3) is 0.900. The summed E-state index contributed by atoms with van der Waals surface area (Å²) >= 11 is 0. The van der Waals surface area contributed by atoms with Gasteiger partial charge >= 0.3 is 0 Å². The third kappa shape index (κ3) is 4.48. The van der Waals surface area contributed by atoms with Crippen molar-refractivity contribution < 1.29 is 9.94 Å². The largest absolute Gasteiger partial charge is 0.409 e. The Balaban J connectivity index is 2.09. The molecule has 0 aromatic carbocycles. The Kier molecular flexibility index (Phi) is 5.42. The standard InChI is InChI=1S/C10H21N3O2/c1-8(10(11)13-14)6-12-7-9-2-4-15-5-3-9/h8-9,12,14H,2-7H2,1H3,(H2,11,13). The van der Waals surface area contributed by atoms with Gasteiger partial charge in [-0.15, -0.1) is 0 Å². The molecule has 0 aromatic heterocycles. The average molecular weight is 215 g/mol. The van der Waals surface area contributed by atoms with Crippen LogP contribution in [-0.2, 0) is 4.74 Å². The van der Waals surface area contributed by atoms with Crippen LogP contribution in [0.2, 0.25) is 0 Å². The van der Waals surface area contributed by atoms with Gasteiger partial charge in [0.05, 0.1) is 0 Å². The number of ether oxygens (including phenoxy) is 1. The zero-order chi connectivity index (χ0) is 11.1. The van der Waals surface area contributed by atoms with Crippen molar-refractivity contribution in [1.82, 2.24) is 5.32 Å². The number of nitrogens with one attached hydrogen (secondary N) is 1. The van der Waals surface area contributed by atoms with Crippen molar-refractivity contribution in [2.24, 2.45) is 22.7 Å². The molecule has 0 aromatic rings. The normalized spacial score (nSPS) is 21.5. The van der Waals surface area contributed by atoms with Gasteiger partial charge in [0.25, 0.3) is 0 Å². The molecule has 1 saturated heterocycles. The van der Waals surface area contributed by atoms with Crippen LogP contribution in [0.25, 0.3) is 0 Å². The molecule has 0 radical (unpaired) electrons. The van der Waals surface area contributed by atoms with Crippen LogP contribution in [0, 0.1) is 11.8 Å². The SMILES string of the molecule is CC(CNCC1CCOCC1)C(N)=NO. The Morgan fingerprint density at radius 2 is 2.27 bits per heavy atom. The van der Waals surface area contributed by atoms with Gasteiger partial charge in [0, 0.05) is 25.7 Å². The van der Waals surface area contributed by atoms with Crippen molar-refractivity contribution in [3.05, 3.63) is 0 Å². The molecule has 1 heterocycles. The van der Waals surface area contributed by atoms with Crippen LogP contribution in [-0.4, -0.2) is 37.3 Å². The molecular weight excluding hydrogens is 194 g/mol. The molecule has 5 nitrogen and oxygen atoms in total. The minimum absolute atomic E-state index is 0.0786. The smallest absolute Gasteiger partial charge is 0.143 e. The molecule has 1 unspecified atom stereocenters. The van der Waals surface area contributed by atoms with Crippen LogP contribution < -0.4 is 11.1 Å². The molecule has 0 saturated carbocycles. The molecule has 1 rings (SSSR count). The van der Waals surface area contributed by atoms with Gasteiger partial charge in [0.15, 0.2) is 0 Å². The number of hydrogen-bond donors (Lipinski definition) is 3. The van der Waals surface area contributed by atoms with Gasteiger partial charge in [-0.05, 0) is 25.3 Å². The maximum absolute atomic E-state index is 8.47. The molecule has 15 heavy (non-hydrogen) atoms. The Hall–Kier alpha value is -0.810. The number of hydrogen-bond acceptors (Lipinski definition) is 4. The molecule has 1 aliphatic rings. The van der Waals surface area contributed by atoms with Gasteiger partial charge in [-0.25, -0.2) is 0 Å². The van der Waals surface area contributed by atoms with Crippen LogP contribution in [0.3, 0.4) is 0 Å². The van der Waals surface area contributed by atoms with Crippen LogP contribution >= 0.6 is 0 Å². The fourth-order valence-electron chi connectivity index (χ4n) is 1.66. The molecule has 0 bridgehead atoms. The summed E-state index contributed by atoms with van der Waals surface area (Å²) in [5, 5.41) is 14.8. The number of nitrogens with zero attached hydrogens (tertiary/aromatic N) is 1. The van der Waals surface area contributed by atoms with Gasteiger partial charge in [0.1, 0.15) is 5.84 Å². The maximum Gasteiger partial charge on any atom is 0.143 e. The first kappa shape index (κ1) is 12.3. The van der Waals surface area contributed by atoms with E-state index in [9.17, 15) is 0 Å². The summed E-state index contributed by atoms with van der Waals surface area (Å²) < 4.78 is 5.28. The first-order chi connectivity index (χ1) is 7.24. The molecule has 88 valence electrons. The fourth-order valence-corrected chi connectivity index (χ4v) is 1.66. The minimum Gasteiger partial charge on any atom is -0.409 e. The monoisotopic (exact) mass is 215 g/mol. The minimum atomic E-state index is 0.0786. The summed E-state index contributed by atoms with van der Waals surface area (Å²) in [7, 11) is 0.